The van der Waals surface area contributed by atoms with E-state index in [9.17, 15) is 4.79 Å². The molecule has 0 aliphatic heterocycles. The summed E-state index contributed by atoms with van der Waals surface area (Å²) in [6.45, 7) is 6.86. The smallest absolute Gasteiger partial charge is 0.200 e. The molecule has 3 rings (SSSR count). The fraction of sp³-hybridized carbons (Fsp3) is 0.316. The first kappa shape index (κ1) is 18.3. The number of carbonyl (C=O) groups is 1. The summed E-state index contributed by atoms with van der Waals surface area (Å²) in [4.78, 5) is 11.7. The lowest BCUT2D eigenvalue weighted by Gasteiger charge is -2.11. The Kier molecular flexibility index (Phi) is 5.78. The first-order chi connectivity index (χ1) is 12.6. The molecule has 0 radical (unpaired) electrons. The normalized spacial score (nSPS) is 10.9. The highest BCUT2D eigenvalue weighted by Gasteiger charge is 2.16. The molecule has 1 aromatic carbocycles. The molecule has 0 amide bonds. The molecule has 136 valence electrons. The third-order valence-corrected chi connectivity index (χ3v) is 4.91. The number of benzene rings is 1. The summed E-state index contributed by atoms with van der Waals surface area (Å²) in [7, 11) is 0. The van der Waals surface area contributed by atoms with Crippen LogP contribution >= 0.6 is 11.8 Å². The molecule has 26 heavy (non-hydrogen) atoms. The van der Waals surface area contributed by atoms with Gasteiger partial charge in [0.1, 0.15) is 5.75 Å². The Labute approximate surface area is 156 Å². The molecule has 0 aliphatic rings. The highest BCUT2D eigenvalue weighted by Crippen LogP contribution is 2.30. The molecule has 0 aliphatic carbocycles. The Hall–Kier alpha value is -2.54. The monoisotopic (exact) mass is 371 g/mol. The van der Waals surface area contributed by atoms with E-state index in [-0.39, 0.29) is 5.78 Å². The van der Waals surface area contributed by atoms with E-state index in [2.05, 4.69) is 10.2 Å². The maximum absolute atomic E-state index is 11.7. The summed E-state index contributed by atoms with van der Waals surface area (Å²) in [5, 5.41) is 9.36. The molecule has 0 N–H and O–H groups in total. The molecule has 0 saturated carbocycles. The number of ketones is 1. The summed E-state index contributed by atoms with van der Waals surface area (Å²) in [6, 6.07) is 9.24. The van der Waals surface area contributed by atoms with Crippen LogP contribution in [0.1, 0.15) is 36.7 Å². The molecule has 0 spiro atoms. The minimum absolute atomic E-state index is 0.0381. The maximum Gasteiger partial charge on any atom is 0.200 e. The Morgan fingerprint density at radius 2 is 2.12 bits per heavy atom. The summed E-state index contributed by atoms with van der Waals surface area (Å²) in [6.07, 6.45) is 1.62. The molecule has 2 aromatic heterocycles. The second kappa shape index (κ2) is 8.23. The molecule has 0 unspecified atom stereocenters. The van der Waals surface area contributed by atoms with Crippen molar-refractivity contribution in [3.63, 3.8) is 0 Å². The Morgan fingerprint density at radius 3 is 2.77 bits per heavy atom. The first-order valence-electron chi connectivity index (χ1n) is 8.50. The lowest BCUT2D eigenvalue weighted by molar-refractivity contribution is 0.101. The van der Waals surface area contributed by atoms with Gasteiger partial charge in [0.15, 0.2) is 22.5 Å². The van der Waals surface area contributed by atoms with Gasteiger partial charge in [-0.1, -0.05) is 11.8 Å². The Balaban J connectivity index is 1.85. The van der Waals surface area contributed by atoms with Gasteiger partial charge in [-0.2, -0.15) is 0 Å². The number of nitrogens with zero attached hydrogens (tertiary/aromatic N) is 3. The quantitative estimate of drug-likeness (QED) is 0.430. The first-order valence-corrected chi connectivity index (χ1v) is 9.49. The molecular formula is C19H21N3O3S. The van der Waals surface area contributed by atoms with Crippen LogP contribution in [-0.2, 0) is 12.3 Å². The second-order valence-corrected chi connectivity index (χ2v) is 6.57. The van der Waals surface area contributed by atoms with Crippen LogP contribution in [0.5, 0.6) is 5.75 Å². The molecule has 0 atom stereocenters. The zero-order valence-corrected chi connectivity index (χ0v) is 15.9. The lowest BCUT2D eigenvalue weighted by atomic mass is 10.1. The molecule has 2 heterocycles. The third kappa shape index (κ3) is 3.83. The third-order valence-electron chi connectivity index (χ3n) is 3.90. The van der Waals surface area contributed by atoms with Gasteiger partial charge in [0.05, 0.1) is 12.9 Å². The highest BCUT2D eigenvalue weighted by molar-refractivity contribution is 7.98. The number of ether oxygens (including phenoxy) is 1. The number of hydrogen-bond acceptors (Lipinski definition) is 6. The zero-order valence-electron chi connectivity index (χ0n) is 15.1. The molecule has 0 bridgehead atoms. The number of hydrogen-bond donors (Lipinski definition) is 0. The number of thioether (sulfide) groups is 1. The van der Waals surface area contributed by atoms with Crippen molar-refractivity contribution >= 4 is 17.5 Å². The van der Waals surface area contributed by atoms with Crippen LogP contribution in [0.3, 0.4) is 0 Å². The Bertz CT molecular complexity index is 888. The fourth-order valence-corrected chi connectivity index (χ4v) is 3.60. The van der Waals surface area contributed by atoms with Crippen LogP contribution in [0.2, 0.25) is 0 Å². The topological polar surface area (TPSA) is 70.2 Å². The van der Waals surface area contributed by atoms with Crippen molar-refractivity contribution in [2.24, 2.45) is 0 Å². The van der Waals surface area contributed by atoms with E-state index in [1.54, 1.807) is 31.0 Å². The van der Waals surface area contributed by atoms with Gasteiger partial charge in [-0.15, -0.1) is 10.2 Å². The van der Waals surface area contributed by atoms with Gasteiger partial charge in [0.25, 0.3) is 0 Å². The van der Waals surface area contributed by atoms with E-state index >= 15 is 0 Å². The van der Waals surface area contributed by atoms with Crippen molar-refractivity contribution in [1.29, 1.82) is 0 Å². The summed E-state index contributed by atoms with van der Waals surface area (Å²) in [5.74, 6) is 2.87. The van der Waals surface area contributed by atoms with Crippen molar-refractivity contribution in [1.82, 2.24) is 14.8 Å². The predicted octanol–water partition coefficient (Wildman–Crippen LogP) is 4.45. The van der Waals surface area contributed by atoms with Gasteiger partial charge in [-0.25, -0.2) is 0 Å². The van der Waals surface area contributed by atoms with Gasteiger partial charge in [-0.05, 0) is 51.1 Å². The van der Waals surface area contributed by atoms with E-state index in [0.717, 1.165) is 23.0 Å². The molecular weight excluding hydrogens is 350 g/mol. The number of Topliss-reactive ketones (excluding diaryl/α,β-unsaturated/α-hetero) is 1. The van der Waals surface area contributed by atoms with E-state index in [1.807, 2.05) is 42.7 Å². The van der Waals surface area contributed by atoms with Crippen molar-refractivity contribution in [2.75, 3.05) is 6.61 Å². The van der Waals surface area contributed by atoms with E-state index in [4.69, 9.17) is 9.15 Å². The van der Waals surface area contributed by atoms with Crippen LogP contribution in [-0.4, -0.2) is 27.2 Å². The van der Waals surface area contributed by atoms with Gasteiger partial charge in [-0.3, -0.25) is 9.36 Å². The lowest BCUT2D eigenvalue weighted by Crippen LogP contribution is -2.01. The van der Waals surface area contributed by atoms with Crippen molar-refractivity contribution in [3.8, 4) is 17.3 Å². The molecule has 6 nitrogen and oxygen atoms in total. The second-order valence-electron chi connectivity index (χ2n) is 5.63. The molecule has 7 heteroatoms. The summed E-state index contributed by atoms with van der Waals surface area (Å²) >= 11 is 1.56. The number of aromatic nitrogens is 3. The highest BCUT2D eigenvalue weighted by atomic mass is 32.2. The zero-order chi connectivity index (χ0) is 18.5. The van der Waals surface area contributed by atoms with Gasteiger partial charge >= 0.3 is 0 Å². The average molecular weight is 371 g/mol. The number of furan rings is 1. The van der Waals surface area contributed by atoms with Gasteiger partial charge < -0.3 is 9.15 Å². The van der Waals surface area contributed by atoms with Crippen LogP contribution in [0.15, 0.2) is 46.2 Å². The van der Waals surface area contributed by atoms with E-state index in [0.29, 0.717) is 29.5 Å². The fourth-order valence-electron chi connectivity index (χ4n) is 2.62. The molecule has 0 saturated heterocycles. The van der Waals surface area contributed by atoms with Crippen LogP contribution in [0, 0.1) is 0 Å². The van der Waals surface area contributed by atoms with E-state index < -0.39 is 0 Å². The molecule has 3 aromatic rings. The summed E-state index contributed by atoms with van der Waals surface area (Å²) in [5.41, 5.74) is 1.65. The number of carbonyl (C=O) groups excluding carboxylic acids is 1. The predicted molar refractivity (Wildman–Crippen MR) is 101 cm³/mol. The number of rotatable bonds is 8. The van der Waals surface area contributed by atoms with Crippen LogP contribution in [0.25, 0.3) is 11.6 Å². The van der Waals surface area contributed by atoms with Gasteiger partial charge in [0.2, 0.25) is 0 Å². The minimum Gasteiger partial charge on any atom is -0.494 e. The van der Waals surface area contributed by atoms with Crippen molar-refractivity contribution in [2.45, 2.75) is 38.2 Å². The van der Waals surface area contributed by atoms with Crippen molar-refractivity contribution in [3.05, 3.63) is 47.7 Å². The van der Waals surface area contributed by atoms with Crippen LogP contribution in [0.4, 0.5) is 0 Å². The minimum atomic E-state index is 0.0381. The van der Waals surface area contributed by atoms with Gasteiger partial charge in [0, 0.05) is 23.4 Å². The van der Waals surface area contributed by atoms with Crippen LogP contribution < -0.4 is 4.74 Å². The average Bonchev–Trinajstić information content (AvgIpc) is 3.29. The molecule has 0 fully saturated rings. The Morgan fingerprint density at radius 1 is 1.27 bits per heavy atom. The maximum atomic E-state index is 11.7. The van der Waals surface area contributed by atoms with Crippen molar-refractivity contribution < 1.29 is 13.9 Å². The largest absolute Gasteiger partial charge is 0.494 e. The van der Waals surface area contributed by atoms with E-state index in [1.165, 1.54) is 0 Å². The SMILES string of the molecule is CCOc1ccc(C(C)=O)cc1CSc1nnc(-c2ccco2)n1CC. The standard InChI is InChI=1S/C19H21N3O3S/c1-4-22-18(17-7-6-10-25-17)20-21-19(22)26-12-15-11-14(13(3)23)8-9-16(15)24-5-2/h6-11H,4-5,12H2,1-3H3. The summed E-state index contributed by atoms with van der Waals surface area (Å²) < 4.78 is 13.2.